The van der Waals surface area contributed by atoms with Crippen LogP contribution < -0.4 is 64.6 Å². The molecular weight excluding hydrogens is 919 g/mol. The Morgan fingerprint density at radius 3 is 1.88 bits per heavy atom. The number of rotatable bonds is 30. The lowest BCUT2D eigenvalue weighted by Crippen LogP contribution is -2.60. The summed E-state index contributed by atoms with van der Waals surface area (Å²) in [6, 6.07) is -7.45. The van der Waals surface area contributed by atoms with Gasteiger partial charge in [-0.3, -0.25) is 48.6 Å². The Balaban J connectivity index is 2.86. The minimum absolute atomic E-state index is 0.0794. The SMILES string of the molecule is CNC(=O)[C@H](CCNC(N)N)NC(=O)[C@@H]1CSSC[C@H](NC(=O)[C@H](C)NC(=O)CCC(=O)NCCN(CCNC(C)(C)C(C)N=O)CCNC(C)(C)C(C)N=O)C(=O)N[C@@H](CC(=O)O)C(=O)N1. The fourth-order valence-electron chi connectivity index (χ4n) is 5.95. The minimum Gasteiger partial charge on any atom is -0.481 e. The lowest BCUT2D eigenvalue weighted by atomic mass is 9.97. The van der Waals surface area contributed by atoms with Gasteiger partial charge in [-0.05, 0) is 54.9 Å². The Morgan fingerprint density at radius 1 is 0.791 bits per heavy atom. The Hall–Kier alpha value is -4.58. The fraction of sp³-hybridized carbons (Fsp3) is 0.795. The van der Waals surface area contributed by atoms with Crippen LogP contribution in [0.1, 0.15) is 74.1 Å². The van der Waals surface area contributed by atoms with E-state index in [2.05, 4.69) is 68.4 Å². The Bertz CT molecular complexity index is 1650. The van der Waals surface area contributed by atoms with E-state index in [0.29, 0.717) is 32.7 Å². The molecule has 2 unspecified atom stereocenters. The molecule has 7 atom stereocenters. The van der Waals surface area contributed by atoms with E-state index in [4.69, 9.17) is 11.5 Å². The van der Waals surface area contributed by atoms with Gasteiger partial charge in [-0.25, -0.2) is 0 Å². The van der Waals surface area contributed by atoms with Gasteiger partial charge in [0.25, 0.3) is 0 Å². The number of nitrogens with one attached hydrogen (secondary N) is 10. The molecule has 1 aliphatic rings. The Kier molecular flexibility index (Phi) is 27.7. The van der Waals surface area contributed by atoms with E-state index in [9.17, 15) is 53.3 Å². The van der Waals surface area contributed by atoms with Gasteiger partial charge in [0.2, 0.25) is 41.4 Å². The number of nitrogens with two attached hydrogens (primary N) is 2. The van der Waals surface area contributed by atoms with Crippen LogP contribution >= 0.6 is 21.6 Å². The zero-order valence-corrected chi connectivity index (χ0v) is 41.3. The molecule has 0 aliphatic carbocycles. The first-order chi connectivity index (χ1) is 31.4. The molecule has 1 fully saturated rings. The highest BCUT2D eigenvalue weighted by atomic mass is 33.1. The van der Waals surface area contributed by atoms with Crippen LogP contribution in [0.5, 0.6) is 0 Å². The Morgan fingerprint density at radius 2 is 1.34 bits per heavy atom. The number of carbonyl (C=O) groups excluding carboxylic acids is 7. The van der Waals surface area contributed by atoms with Crippen LogP contribution in [0.3, 0.4) is 0 Å². The molecule has 0 radical (unpaired) electrons. The van der Waals surface area contributed by atoms with Gasteiger partial charge in [0, 0.05) is 88.3 Å². The minimum atomic E-state index is -1.67. The molecule has 1 aliphatic heterocycles. The maximum absolute atomic E-state index is 13.4. The van der Waals surface area contributed by atoms with Crippen LogP contribution in [0, 0.1) is 9.81 Å². The van der Waals surface area contributed by atoms with E-state index in [1.54, 1.807) is 13.8 Å². The lowest BCUT2D eigenvalue weighted by Gasteiger charge is -2.32. The summed E-state index contributed by atoms with van der Waals surface area (Å²) in [4.78, 5) is 127. The van der Waals surface area contributed by atoms with Crippen molar-refractivity contribution in [2.24, 2.45) is 21.8 Å². The number of carboxylic acids is 1. The summed E-state index contributed by atoms with van der Waals surface area (Å²) in [6.07, 6.45) is -2.13. The monoisotopic (exact) mass is 992 g/mol. The van der Waals surface area contributed by atoms with Gasteiger partial charge < -0.3 is 64.4 Å². The molecule has 0 bridgehead atoms. The standard InChI is InChI=1S/C39H73N15O11S2/c1-22(47-30(56)10-9-29(55)43-13-16-54(17-14-45-38(4,5)23(2)52-64)18-15-46-39(6,7)24(3)53-65)32(59)50-27-20-66-67-21-28(51-34(61)26(19-31(57)58)49-36(27)63)35(62)48-25(33(60)42-8)11-12-44-37(40)41/h22-28,37,44-46H,9-21,40-41H2,1-8H3,(H,42,60)(H,43,55)(H,47,56)(H,48,62)(H,49,63)(H,50,59)(H,51,61)(H,57,58)/t22-,23?,24?,25-,26-,27-,28-/m0/s1. The normalized spacial score (nSPS) is 19.0. The average molecular weight is 992 g/mol. The topological polar surface area (TPSA) is 391 Å². The maximum atomic E-state index is 13.4. The first-order valence-corrected chi connectivity index (χ1v) is 24.4. The van der Waals surface area contributed by atoms with Gasteiger partial charge in [0.1, 0.15) is 48.6 Å². The van der Waals surface area contributed by atoms with Gasteiger partial charge >= 0.3 is 5.97 Å². The second kappa shape index (κ2) is 30.7. The third kappa shape index (κ3) is 23.8. The molecule has 382 valence electrons. The third-order valence-electron chi connectivity index (χ3n) is 11.0. The Labute approximate surface area is 399 Å². The summed E-state index contributed by atoms with van der Waals surface area (Å²) < 4.78 is 0. The summed E-state index contributed by atoms with van der Waals surface area (Å²) in [5.74, 6) is -6.68. The van der Waals surface area contributed by atoms with Crippen LogP contribution in [0.25, 0.3) is 0 Å². The molecule has 1 saturated heterocycles. The van der Waals surface area contributed by atoms with Gasteiger partial charge in [0.15, 0.2) is 0 Å². The van der Waals surface area contributed by atoms with Crippen LogP contribution in [-0.2, 0) is 38.4 Å². The van der Waals surface area contributed by atoms with Crippen molar-refractivity contribution in [3.63, 3.8) is 0 Å². The quantitative estimate of drug-likeness (QED) is 0.0188. The van der Waals surface area contributed by atoms with Crippen LogP contribution in [0.4, 0.5) is 0 Å². The van der Waals surface area contributed by atoms with Crippen molar-refractivity contribution in [2.45, 2.75) is 134 Å². The maximum Gasteiger partial charge on any atom is 0.305 e. The number of aliphatic carboxylic acids is 1. The predicted molar refractivity (Wildman–Crippen MR) is 255 cm³/mol. The van der Waals surface area contributed by atoms with Crippen LogP contribution in [0.2, 0.25) is 0 Å². The summed E-state index contributed by atoms with van der Waals surface area (Å²) in [5.41, 5.74) is 9.89. The van der Waals surface area contributed by atoms with E-state index in [-0.39, 0.29) is 43.9 Å². The molecule has 67 heavy (non-hydrogen) atoms. The first kappa shape index (κ1) is 60.4. The highest BCUT2D eigenvalue weighted by Crippen LogP contribution is 2.24. The molecule has 26 nitrogen and oxygen atoms in total. The van der Waals surface area contributed by atoms with E-state index in [0.717, 1.165) is 21.6 Å². The van der Waals surface area contributed by atoms with Gasteiger partial charge in [0.05, 0.1) is 6.42 Å². The number of carbonyl (C=O) groups is 8. The highest BCUT2D eigenvalue weighted by Gasteiger charge is 2.35. The van der Waals surface area contributed by atoms with E-state index < -0.39 is 113 Å². The molecule has 0 spiro atoms. The zero-order chi connectivity index (χ0) is 50.9. The second-order valence-electron chi connectivity index (χ2n) is 17.1. The smallest absolute Gasteiger partial charge is 0.305 e. The first-order valence-electron chi connectivity index (χ1n) is 21.9. The summed E-state index contributed by atoms with van der Waals surface area (Å²) in [6.45, 7) is 15.3. The van der Waals surface area contributed by atoms with Crippen LogP contribution in [-0.4, -0.2) is 181 Å². The van der Waals surface area contributed by atoms with Crippen LogP contribution in [0.15, 0.2) is 10.4 Å². The predicted octanol–water partition coefficient (Wildman–Crippen LogP) is -3.53. The number of carboxylic acid groups (broad SMARTS) is 1. The van der Waals surface area contributed by atoms with E-state index >= 15 is 0 Å². The molecule has 7 amide bonds. The summed E-state index contributed by atoms with van der Waals surface area (Å²) in [7, 11) is 3.50. The fourth-order valence-corrected chi connectivity index (χ4v) is 8.28. The molecule has 1 rings (SSSR count). The van der Waals surface area contributed by atoms with Crippen molar-refractivity contribution in [3.05, 3.63) is 9.81 Å². The van der Waals surface area contributed by atoms with Crippen molar-refractivity contribution >= 4 is 68.9 Å². The molecule has 15 N–H and O–H groups in total. The molecule has 0 saturated carbocycles. The second-order valence-corrected chi connectivity index (χ2v) is 19.7. The third-order valence-corrected chi connectivity index (χ3v) is 13.5. The molecule has 1 heterocycles. The number of amides is 7. The van der Waals surface area contributed by atoms with Crippen molar-refractivity contribution in [1.29, 1.82) is 0 Å². The van der Waals surface area contributed by atoms with E-state index in [1.165, 1.54) is 14.0 Å². The zero-order valence-electron chi connectivity index (χ0n) is 39.7. The van der Waals surface area contributed by atoms with Gasteiger partial charge in [-0.1, -0.05) is 31.9 Å². The summed E-state index contributed by atoms with van der Waals surface area (Å²) >= 11 is 0. The van der Waals surface area contributed by atoms with Crippen molar-refractivity contribution < 1.29 is 43.5 Å². The summed E-state index contributed by atoms with van der Waals surface area (Å²) in [5, 5.41) is 42.8. The molecule has 0 aromatic heterocycles. The molecule has 28 heteroatoms. The molecule has 0 aromatic rings. The lowest BCUT2D eigenvalue weighted by molar-refractivity contribution is -0.141. The highest BCUT2D eigenvalue weighted by molar-refractivity contribution is 8.76. The van der Waals surface area contributed by atoms with Gasteiger partial charge in [-0.15, -0.1) is 0 Å². The van der Waals surface area contributed by atoms with Crippen molar-refractivity contribution in [1.82, 2.24) is 58.1 Å². The number of nitroso groups, excluding NO2 is 2. The van der Waals surface area contributed by atoms with E-state index in [1.807, 2.05) is 27.7 Å². The average Bonchev–Trinajstić information content (AvgIpc) is 3.28. The number of hydrogen-bond donors (Lipinski definition) is 13. The molecule has 0 aromatic carbocycles. The van der Waals surface area contributed by atoms with Crippen molar-refractivity contribution in [2.75, 3.05) is 64.4 Å². The number of nitrogens with zero attached hydrogens (tertiary/aromatic N) is 3. The number of likely N-dealkylation sites (N-methyl/N-ethyl adjacent to an activating group) is 1. The van der Waals surface area contributed by atoms with Gasteiger partial charge in [-0.2, -0.15) is 9.81 Å². The largest absolute Gasteiger partial charge is 0.481 e. The molecular formula is C39H73N15O11S2. The van der Waals surface area contributed by atoms with Crippen molar-refractivity contribution in [3.8, 4) is 0 Å². The number of hydrogen-bond acceptors (Lipinski definition) is 20.